The van der Waals surface area contributed by atoms with Gasteiger partial charge < -0.3 is 15.2 Å². The van der Waals surface area contributed by atoms with Crippen LogP contribution in [0.25, 0.3) is 0 Å². The molecule has 0 amide bonds. The Labute approximate surface area is 95.1 Å². The van der Waals surface area contributed by atoms with Crippen LogP contribution in [0.2, 0.25) is 0 Å². The topological polar surface area (TPSA) is 61.5 Å². The van der Waals surface area contributed by atoms with E-state index in [0.29, 0.717) is 6.07 Å². The molecule has 0 aliphatic heterocycles. The highest BCUT2D eigenvalue weighted by Gasteiger charge is 2.36. The standard InChI is InChI=1S/C10H10F3NO3/c1-16-8-6(10(11,12)13)3-5(4-7(8)14)9(15)17-2/h3-4H,14H2,1-2H3. The molecular formula is C10H10F3NO3. The summed E-state index contributed by atoms with van der Waals surface area (Å²) in [7, 11) is 2.13. The minimum absolute atomic E-state index is 0.275. The van der Waals surface area contributed by atoms with E-state index in [2.05, 4.69) is 9.47 Å². The van der Waals surface area contributed by atoms with Gasteiger partial charge in [0.05, 0.1) is 25.5 Å². The molecule has 0 saturated heterocycles. The Kier molecular flexibility index (Phi) is 3.50. The predicted molar refractivity (Wildman–Crippen MR) is 53.7 cm³/mol. The van der Waals surface area contributed by atoms with E-state index in [1.165, 1.54) is 0 Å². The lowest BCUT2D eigenvalue weighted by Crippen LogP contribution is -2.12. The maximum atomic E-state index is 12.7. The fourth-order valence-electron chi connectivity index (χ4n) is 1.33. The van der Waals surface area contributed by atoms with Crippen LogP contribution < -0.4 is 10.5 Å². The van der Waals surface area contributed by atoms with E-state index in [4.69, 9.17) is 5.73 Å². The van der Waals surface area contributed by atoms with E-state index in [1.54, 1.807) is 0 Å². The van der Waals surface area contributed by atoms with Gasteiger partial charge in [0.1, 0.15) is 5.56 Å². The summed E-state index contributed by atoms with van der Waals surface area (Å²) in [6.45, 7) is 0. The number of nitrogens with two attached hydrogens (primary N) is 1. The zero-order chi connectivity index (χ0) is 13.2. The van der Waals surface area contributed by atoms with Gasteiger partial charge in [0.15, 0.2) is 5.75 Å². The summed E-state index contributed by atoms with van der Waals surface area (Å²) < 4.78 is 46.9. The maximum absolute atomic E-state index is 12.7. The summed E-state index contributed by atoms with van der Waals surface area (Å²) >= 11 is 0. The number of rotatable bonds is 2. The number of anilines is 1. The van der Waals surface area contributed by atoms with Gasteiger partial charge in [-0.1, -0.05) is 0 Å². The molecule has 0 bridgehead atoms. The second kappa shape index (κ2) is 4.52. The number of benzene rings is 1. The van der Waals surface area contributed by atoms with E-state index >= 15 is 0 Å². The number of carbonyl (C=O) groups excluding carboxylic acids is 1. The fraction of sp³-hybridized carbons (Fsp3) is 0.300. The monoisotopic (exact) mass is 249 g/mol. The van der Waals surface area contributed by atoms with Crippen LogP contribution in [0, 0.1) is 0 Å². The molecule has 1 aromatic carbocycles. The number of methoxy groups -OCH3 is 2. The van der Waals surface area contributed by atoms with E-state index in [-0.39, 0.29) is 11.3 Å². The normalized spacial score (nSPS) is 11.1. The molecule has 0 aromatic heterocycles. The number of hydrogen-bond donors (Lipinski definition) is 1. The van der Waals surface area contributed by atoms with Crippen LogP contribution in [-0.4, -0.2) is 20.2 Å². The first-order valence-electron chi connectivity index (χ1n) is 4.44. The van der Waals surface area contributed by atoms with Crippen molar-refractivity contribution in [3.63, 3.8) is 0 Å². The Morgan fingerprint density at radius 3 is 2.29 bits per heavy atom. The average molecular weight is 249 g/mol. The largest absolute Gasteiger partial charge is 0.494 e. The van der Waals surface area contributed by atoms with Crippen LogP contribution in [0.4, 0.5) is 18.9 Å². The first-order valence-corrected chi connectivity index (χ1v) is 4.44. The first kappa shape index (κ1) is 13.1. The third kappa shape index (κ3) is 2.61. The van der Waals surface area contributed by atoms with Crippen molar-refractivity contribution < 1.29 is 27.4 Å². The first-order chi connectivity index (χ1) is 7.81. The van der Waals surface area contributed by atoms with Gasteiger partial charge in [-0.05, 0) is 12.1 Å². The molecule has 94 valence electrons. The van der Waals surface area contributed by atoms with Gasteiger partial charge in [-0.25, -0.2) is 4.79 Å². The van der Waals surface area contributed by atoms with Crippen molar-refractivity contribution in [2.45, 2.75) is 6.18 Å². The smallest absolute Gasteiger partial charge is 0.420 e. The predicted octanol–water partition coefficient (Wildman–Crippen LogP) is 2.08. The Balaban J connectivity index is 3.44. The Bertz CT molecular complexity index is 443. The summed E-state index contributed by atoms with van der Waals surface area (Å²) in [6.07, 6.45) is -4.66. The molecule has 0 unspecified atom stereocenters. The number of hydrogen-bond acceptors (Lipinski definition) is 4. The SMILES string of the molecule is COC(=O)c1cc(N)c(OC)c(C(F)(F)F)c1. The third-order valence-electron chi connectivity index (χ3n) is 2.05. The van der Waals surface area contributed by atoms with E-state index in [9.17, 15) is 18.0 Å². The van der Waals surface area contributed by atoms with Gasteiger partial charge >= 0.3 is 12.1 Å². The Hall–Kier alpha value is -1.92. The Morgan fingerprint density at radius 1 is 1.29 bits per heavy atom. The fourth-order valence-corrected chi connectivity index (χ4v) is 1.33. The highest BCUT2D eigenvalue weighted by molar-refractivity contribution is 5.91. The minimum Gasteiger partial charge on any atom is -0.494 e. The molecule has 2 N–H and O–H groups in total. The van der Waals surface area contributed by atoms with Crippen LogP contribution in [0.5, 0.6) is 5.75 Å². The van der Waals surface area contributed by atoms with E-state index in [1.807, 2.05) is 0 Å². The van der Waals surface area contributed by atoms with E-state index in [0.717, 1.165) is 20.3 Å². The number of nitrogen functional groups attached to an aromatic ring is 1. The molecule has 0 saturated carbocycles. The molecule has 0 fully saturated rings. The quantitative estimate of drug-likeness (QED) is 0.644. The summed E-state index contributed by atoms with van der Waals surface area (Å²) in [4.78, 5) is 11.2. The van der Waals surface area contributed by atoms with Crippen molar-refractivity contribution >= 4 is 11.7 Å². The van der Waals surface area contributed by atoms with Crippen molar-refractivity contribution in [1.82, 2.24) is 0 Å². The number of esters is 1. The Morgan fingerprint density at radius 2 is 1.88 bits per heavy atom. The lowest BCUT2D eigenvalue weighted by atomic mass is 10.1. The number of ether oxygens (including phenoxy) is 2. The zero-order valence-electron chi connectivity index (χ0n) is 9.09. The molecule has 0 heterocycles. The van der Waals surface area contributed by atoms with Crippen LogP contribution in [0.3, 0.4) is 0 Å². The summed E-state index contributed by atoms with van der Waals surface area (Å²) in [5.74, 6) is -1.41. The molecule has 0 aliphatic carbocycles. The molecule has 4 nitrogen and oxygen atoms in total. The molecule has 7 heteroatoms. The molecule has 0 aliphatic rings. The molecule has 17 heavy (non-hydrogen) atoms. The molecule has 0 atom stereocenters. The van der Waals surface area contributed by atoms with Crippen LogP contribution >= 0.6 is 0 Å². The third-order valence-corrected chi connectivity index (χ3v) is 2.05. The van der Waals surface area contributed by atoms with Crippen LogP contribution in [0.15, 0.2) is 12.1 Å². The van der Waals surface area contributed by atoms with Gasteiger partial charge in [-0.2, -0.15) is 13.2 Å². The number of carbonyl (C=O) groups is 1. The zero-order valence-corrected chi connectivity index (χ0v) is 9.09. The van der Waals surface area contributed by atoms with Crippen LogP contribution in [-0.2, 0) is 10.9 Å². The molecule has 0 spiro atoms. The maximum Gasteiger partial charge on any atom is 0.420 e. The van der Waals surface area contributed by atoms with Gasteiger partial charge in [0.2, 0.25) is 0 Å². The molecular weight excluding hydrogens is 239 g/mol. The lowest BCUT2D eigenvalue weighted by Gasteiger charge is -2.15. The second-order valence-electron chi connectivity index (χ2n) is 3.14. The minimum atomic E-state index is -4.66. The highest BCUT2D eigenvalue weighted by Crippen LogP contribution is 2.40. The number of halogens is 3. The van der Waals surface area contributed by atoms with Gasteiger partial charge in [-0.15, -0.1) is 0 Å². The van der Waals surface area contributed by atoms with Crippen LogP contribution in [0.1, 0.15) is 15.9 Å². The average Bonchev–Trinajstić information content (AvgIpc) is 2.25. The van der Waals surface area contributed by atoms with Crippen molar-refractivity contribution in [3.05, 3.63) is 23.3 Å². The molecule has 1 rings (SSSR count). The summed E-state index contributed by atoms with van der Waals surface area (Å²) in [6, 6.07) is 1.71. The molecule has 0 radical (unpaired) electrons. The lowest BCUT2D eigenvalue weighted by molar-refractivity contribution is -0.138. The van der Waals surface area contributed by atoms with Crippen molar-refractivity contribution in [2.75, 3.05) is 20.0 Å². The van der Waals surface area contributed by atoms with Gasteiger partial charge in [-0.3, -0.25) is 0 Å². The van der Waals surface area contributed by atoms with E-state index < -0.39 is 23.5 Å². The van der Waals surface area contributed by atoms with Crippen molar-refractivity contribution in [3.8, 4) is 5.75 Å². The summed E-state index contributed by atoms with van der Waals surface area (Å²) in [5, 5.41) is 0. The molecule has 1 aromatic rings. The van der Waals surface area contributed by atoms with Crippen molar-refractivity contribution in [1.29, 1.82) is 0 Å². The van der Waals surface area contributed by atoms with Crippen molar-refractivity contribution in [2.24, 2.45) is 0 Å². The van der Waals surface area contributed by atoms with Gasteiger partial charge in [0, 0.05) is 0 Å². The summed E-state index contributed by atoms with van der Waals surface area (Å²) in [5.41, 5.74) is 3.72. The van der Waals surface area contributed by atoms with Gasteiger partial charge in [0.25, 0.3) is 0 Å². The number of alkyl halides is 3. The second-order valence-corrected chi connectivity index (χ2v) is 3.14. The highest BCUT2D eigenvalue weighted by atomic mass is 19.4.